The van der Waals surface area contributed by atoms with E-state index in [1.54, 1.807) is 12.4 Å². The van der Waals surface area contributed by atoms with Gasteiger partial charge in [0.05, 0.1) is 0 Å². The van der Waals surface area contributed by atoms with Gasteiger partial charge in [-0.2, -0.15) is 4.98 Å². The quantitative estimate of drug-likeness (QED) is 0.793. The Labute approximate surface area is 142 Å². The van der Waals surface area contributed by atoms with Crippen LogP contribution in [-0.4, -0.2) is 53.1 Å². The maximum absolute atomic E-state index is 12.0. The van der Waals surface area contributed by atoms with Gasteiger partial charge in [-0.15, -0.1) is 0 Å². The molecule has 0 spiro atoms. The topological polar surface area (TPSA) is 84.2 Å². The Bertz CT molecular complexity index is 652. The first-order chi connectivity index (χ1) is 11.4. The molecule has 1 N–H and O–H groups in total. The van der Waals surface area contributed by atoms with Gasteiger partial charge in [-0.05, 0) is 31.6 Å². The molecule has 130 valence electrons. The number of rotatable bonds is 8. The minimum atomic E-state index is -0.0111. The lowest BCUT2D eigenvalue weighted by Crippen LogP contribution is -2.40. The molecule has 1 amide bonds. The summed E-state index contributed by atoms with van der Waals surface area (Å²) < 4.78 is 5.19. The van der Waals surface area contributed by atoms with Gasteiger partial charge in [0.15, 0.2) is 0 Å². The fourth-order valence-corrected chi connectivity index (χ4v) is 2.53. The summed E-state index contributed by atoms with van der Waals surface area (Å²) in [7, 11) is 4.05. The molecule has 2 rings (SSSR count). The van der Waals surface area contributed by atoms with Gasteiger partial charge in [0.25, 0.3) is 0 Å². The lowest BCUT2D eigenvalue weighted by molar-refractivity contribution is -0.121. The summed E-state index contributed by atoms with van der Waals surface area (Å²) in [5.41, 5.74) is 0.819. The SMILES string of the molecule is CN(C)CC(C)(C)CNC(=O)CCc1nc(-c2cccnc2)no1. The van der Waals surface area contributed by atoms with Crippen LogP contribution in [0.3, 0.4) is 0 Å². The molecule has 0 aliphatic carbocycles. The largest absolute Gasteiger partial charge is 0.356 e. The molecule has 2 heterocycles. The average Bonchev–Trinajstić information content (AvgIpc) is 3.00. The Balaban J connectivity index is 1.79. The number of carbonyl (C=O) groups is 1. The van der Waals surface area contributed by atoms with Crippen molar-refractivity contribution in [2.24, 2.45) is 5.41 Å². The Hall–Kier alpha value is -2.28. The van der Waals surface area contributed by atoms with Gasteiger partial charge in [-0.1, -0.05) is 19.0 Å². The van der Waals surface area contributed by atoms with E-state index in [0.717, 1.165) is 12.1 Å². The zero-order valence-corrected chi connectivity index (χ0v) is 14.7. The maximum Gasteiger partial charge on any atom is 0.227 e. The lowest BCUT2D eigenvalue weighted by Gasteiger charge is -2.28. The molecule has 0 aromatic carbocycles. The minimum Gasteiger partial charge on any atom is -0.356 e. The van der Waals surface area contributed by atoms with Crippen molar-refractivity contribution in [3.63, 3.8) is 0 Å². The predicted molar refractivity (Wildman–Crippen MR) is 91.2 cm³/mol. The normalized spacial score (nSPS) is 11.7. The summed E-state index contributed by atoms with van der Waals surface area (Å²) in [5, 5.41) is 6.89. The van der Waals surface area contributed by atoms with Crippen LogP contribution in [0.2, 0.25) is 0 Å². The summed E-state index contributed by atoms with van der Waals surface area (Å²) in [4.78, 5) is 22.4. The van der Waals surface area contributed by atoms with Crippen molar-refractivity contribution in [1.82, 2.24) is 25.3 Å². The van der Waals surface area contributed by atoms with Gasteiger partial charge in [0.1, 0.15) is 0 Å². The first-order valence-electron chi connectivity index (χ1n) is 8.00. The number of pyridine rings is 1. The second-order valence-electron chi connectivity index (χ2n) is 6.93. The van der Waals surface area contributed by atoms with Gasteiger partial charge >= 0.3 is 0 Å². The molecule has 2 aromatic rings. The fraction of sp³-hybridized carbons (Fsp3) is 0.529. The summed E-state index contributed by atoms with van der Waals surface area (Å²) in [6.45, 7) is 5.80. The van der Waals surface area contributed by atoms with Crippen LogP contribution in [0.15, 0.2) is 29.0 Å². The zero-order valence-electron chi connectivity index (χ0n) is 14.7. The highest BCUT2D eigenvalue weighted by Gasteiger charge is 2.20. The first-order valence-corrected chi connectivity index (χ1v) is 8.00. The van der Waals surface area contributed by atoms with E-state index >= 15 is 0 Å². The fourth-order valence-electron chi connectivity index (χ4n) is 2.53. The third-order valence-electron chi connectivity index (χ3n) is 3.46. The van der Waals surface area contributed by atoms with E-state index in [1.165, 1.54) is 0 Å². The number of nitrogens with one attached hydrogen (secondary N) is 1. The van der Waals surface area contributed by atoms with Gasteiger partial charge in [-0.25, -0.2) is 0 Å². The van der Waals surface area contributed by atoms with Crippen molar-refractivity contribution in [2.75, 3.05) is 27.2 Å². The van der Waals surface area contributed by atoms with Crippen molar-refractivity contribution in [3.05, 3.63) is 30.4 Å². The van der Waals surface area contributed by atoms with E-state index in [9.17, 15) is 4.79 Å². The van der Waals surface area contributed by atoms with Gasteiger partial charge < -0.3 is 14.7 Å². The molecule has 24 heavy (non-hydrogen) atoms. The highest BCUT2D eigenvalue weighted by atomic mass is 16.5. The molecule has 0 atom stereocenters. The van der Waals surface area contributed by atoms with Crippen LogP contribution in [0.25, 0.3) is 11.4 Å². The molecule has 0 saturated carbocycles. The van der Waals surface area contributed by atoms with Crippen LogP contribution in [0.5, 0.6) is 0 Å². The summed E-state index contributed by atoms with van der Waals surface area (Å²) in [6, 6.07) is 3.68. The summed E-state index contributed by atoms with van der Waals surface area (Å²) in [5.74, 6) is 0.935. The predicted octanol–water partition coefficient (Wildman–Crippen LogP) is 1.77. The number of hydrogen-bond acceptors (Lipinski definition) is 6. The highest BCUT2D eigenvalue weighted by molar-refractivity contribution is 5.76. The number of hydrogen-bond donors (Lipinski definition) is 1. The highest BCUT2D eigenvalue weighted by Crippen LogP contribution is 2.15. The number of aromatic nitrogens is 3. The third kappa shape index (κ3) is 5.73. The smallest absolute Gasteiger partial charge is 0.227 e. The molecule has 7 nitrogen and oxygen atoms in total. The number of nitrogens with zero attached hydrogens (tertiary/aromatic N) is 4. The molecule has 0 fully saturated rings. The Morgan fingerprint density at radius 3 is 2.83 bits per heavy atom. The van der Waals surface area contributed by atoms with Crippen LogP contribution in [0.4, 0.5) is 0 Å². The van der Waals surface area contributed by atoms with Crippen molar-refractivity contribution in [3.8, 4) is 11.4 Å². The third-order valence-corrected chi connectivity index (χ3v) is 3.46. The zero-order chi connectivity index (χ0) is 17.6. The van der Waals surface area contributed by atoms with Crippen LogP contribution in [0, 0.1) is 5.41 Å². The summed E-state index contributed by atoms with van der Waals surface area (Å²) in [6.07, 6.45) is 4.11. The van der Waals surface area contributed by atoms with E-state index in [2.05, 4.69) is 39.2 Å². The van der Waals surface area contributed by atoms with Crippen molar-refractivity contribution < 1.29 is 9.32 Å². The Kier molecular flexibility index (Phi) is 6.03. The monoisotopic (exact) mass is 331 g/mol. The summed E-state index contributed by atoms with van der Waals surface area (Å²) >= 11 is 0. The maximum atomic E-state index is 12.0. The average molecular weight is 331 g/mol. The van der Waals surface area contributed by atoms with Crippen LogP contribution in [0.1, 0.15) is 26.2 Å². The molecular formula is C17H25N5O2. The van der Waals surface area contributed by atoms with Crippen LogP contribution < -0.4 is 5.32 Å². The number of aryl methyl sites for hydroxylation is 1. The molecule has 0 aliphatic rings. The first kappa shape index (κ1) is 18.1. The molecule has 0 aliphatic heterocycles. The van der Waals surface area contributed by atoms with Gasteiger partial charge in [0.2, 0.25) is 17.6 Å². The van der Waals surface area contributed by atoms with E-state index in [-0.39, 0.29) is 11.3 Å². The molecular weight excluding hydrogens is 306 g/mol. The molecule has 0 radical (unpaired) electrons. The van der Waals surface area contributed by atoms with Crippen LogP contribution in [-0.2, 0) is 11.2 Å². The van der Waals surface area contributed by atoms with Crippen molar-refractivity contribution in [2.45, 2.75) is 26.7 Å². The lowest BCUT2D eigenvalue weighted by atomic mass is 9.93. The molecule has 7 heteroatoms. The van der Waals surface area contributed by atoms with E-state index < -0.39 is 0 Å². The second-order valence-corrected chi connectivity index (χ2v) is 6.93. The van der Waals surface area contributed by atoms with Gasteiger partial charge in [0, 0.05) is 43.9 Å². The second kappa shape index (κ2) is 8.01. The standard InChI is InChI=1S/C17H25N5O2/c1-17(2,12-22(3)4)11-19-14(23)7-8-15-20-16(21-24-15)13-6-5-9-18-10-13/h5-6,9-10H,7-8,11-12H2,1-4H3,(H,19,23). The molecule has 0 saturated heterocycles. The van der Waals surface area contributed by atoms with Crippen molar-refractivity contribution in [1.29, 1.82) is 0 Å². The molecule has 0 unspecified atom stereocenters. The Morgan fingerprint density at radius 1 is 1.38 bits per heavy atom. The van der Waals surface area contributed by atoms with Gasteiger partial charge in [-0.3, -0.25) is 9.78 Å². The minimum absolute atomic E-state index is 0.0111. The molecule has 2 aromatic heterocycles. The Morgan fingerprint density at radius 2 is 2.17 bits per heavy atom. The van der Waals surface area contributed by atoms with E-state index in [1.807, 2.05) is 26.2 Å². The molecule has 0 bridgehead atoms. The number of amides is 1. The van der Waals surface area contributed by atoms with E-state index in [4.69, 9.17) is 4.52 Å². The number of carbonyl (C=O) groups excluding carboxylic acids is 1. The van der Waals surface area contributed by atoms with Crippen molar-refractivity contribution >= 4 is 5.91 Å². The van der Waals surface area contributed by atoms with Crippen LogP contribution >= 0.6 is 0 Å². The van der Waals surface area contributed by atoms with E-state index in [0.29, 0.717) is 31.1 Å².